The summed E-state index contributed by atoms with van der Waals surface area (Å²) in [5, 5.41) is 4.96. The predicted octanol–water partition coefficient (Wildman–Crippen LogP) is 2.45. The van der Waals surface area contributed by atoms with Gasteiger partial charge in [-0.15, -0.1) is 5.10 Å². The first kappa shape index (κ1) is 14.0. The molecule has 0 aliphatic heterocycles. The number of Topliss-reactive ketones (excluding diaryl/α,β-unsaturated/α-hetero) is 1. The monoisotopic (exact) mass is 278 g/mol. The van der Waals surface area contributed by atoms with Gasteiger partial charge in [0.05, 0.1) is 5.75 Å². The molecule has 19 heavy (non-hydrogen) atoms. The molecule has 0 amide bonds. The maximum absolute atomic E-state index is 11.9. The average molecular weight is 278 g/mol. The fraction of sp³-hybridized carbons (Fsp3) is 0.538. The smallest absolute Gasteiger partial charge is 0.253 e. The van der Waals surface area contributed by atoms with Gasteiger partial charge in [0, 0.05) is 16.8 Å². The number of hydrogen-bond acceptors (Lipinski definition) is 5. The van der Waals surface area contributed by atoms with Crippen LogP contribution in [0, 0.1) is 19.3 Å². The molecule has 0 saturated carbocycles. The van der Waals surface area contributed by atoms with E-state index in [2.05, 4.69) is 15.1 Å². The Bertz CT molecular complexity index is 627. The number of aryl methyl sites for hydroxylation is 2. The van der Waals surface area contributed by atoms with Crippen molar-refractivity contribution in [1.82, 2.24) is 19.6 Å². The minimum Gasteiger partial charge on any atom is -0.298 e. The zero-order valence-electron chi connectivity index (χ0n) is 11.9. The minimum atomic E-state index is -0.323. The maximum Gasteiger partial charge on any atom is 0.253 e. The van der Waals surface area contributed by atoms with Gasteiger partial charge in [-0.2, -0.15) is 4.98 Å². The summed E-state index contributed by atoms with van der Waals surface area (Å²) in [6.45, 7) is 9.65. The Morgan fingerprint density at radius 2 is 2.00 bits per heavy atom. The second-order valence-corrected chi connectivity index (χ2v) is 6.55. The number of carbonyl (C=O) groups excluding carboxylic acids is 1. The maximum atomic E-state index is 11.9. The van der Waals surface area contributed by atoms with Gasteiger partial charge in [0.2, 0.25) is 5.16 Å². The highest BCUT2D eigenvalue weighted by atomic mass is 32.2. The van der Waals surface area contributed by atoms with Crippen molar-refractivity contribution < 1.29 is 4.79 Å². The number of fused-ring (bicyclic) bond motifs is 1. The first-order chi connectivity index (χ1) is 8.77. The van der Waals surface area contributed by atoms with Gasteiger partial charge in [-0.3, -0.25) is 4.79 Å². The topological polar surface area (TPSA) is 60.2 Å². The van der Waals surface area contributed by atoms with E-state index >= 15 is 0 Å². The Morgan fingerprint density at radius 3 is 2.63 bits per heavy atom. The molecule has 0 aliphatic rings. The summed E-state index contributed by atoms with van der Waals surface area (Å²) >= 11 is 1.36. The zero-order chi connectivity index (χ0) is 14.2. The molecular formula is C13H18N4OS. The largest absolute Gasteiger partial charge is 0.298 e. The van der Waals surface area contributed by atoms with E-state index in [1.54, 1.807) is 4.52 Å². The van der Waals surface area contributed by atoms with Gasteiger partial charge in [0.25, 0.3) is 5.78 Å². The summed E-state index contributed by atoms with van der Waals surface area (Å²) in [5.74, 6) is 1.17. The van der Waals surface area contributed by atoms with E-state index < -0.39 is 0 Å². The van der Waals surface area contributed by atoms with Crippen LogP contribution in [-0.2, 0) is 4.79 Å². The van der Waals surface area contributed by atoms with E-state index in [9.17, 15) is 4.79 Å². The minimum absolute atomic E-state index is 0.192. The molecule has 2 aromatic heterocycles. The molecule has 0 bridgehead atoms. The molecule has 0 atom stereocenters. The predicted molar refractivity (Wildman–Crippen MR) is 75.4 cm³/mol. The normalized spacial score (nSPS) is 12.1. The molecule has 0 radical (unpaired) electrons. The highest BCUT2D eigenvalue weighted by Gasteiger charge is 2.21. The van der Waals surface area contributed by atoms with Crippen molar-refractivity contribution in [2.24, 2.45) is 5.41 Å². The van der Waals surface area contributed by atoms with Gasteiger partial charge in [-0.05, 0) is 19.9 Å². The number of rotatable bonds is 3. The van der Waals surface area contributed by atoms with Crippen LogP contribution in [0.25, 0.3) is 5.78 Å². The summed E-state index contributed by atoms with van der Waals surface area (Å²) in [6, 6.07) is 1.95. The van der Waals surface area contributed by atoms with Gasteiger partial charge >= 0.3 is 0 Å². The average Bonchev–Trinajstić information content (AvgIpc) is 2.67. The van der Waals surface area contributed by atoms with Crippen LogP contribution in [0.1, 0.15) is 32.2 Å². The third-order valence-electron chi connectivity index (χ3n) is 2.77. The Labute approximate surface area is 116 Å². The van der Waals surface area contributed by atoms with Gasteiger partial charge in [0.15, 0.2) is 0 Å². The zero-order valence-corrected chi connectivity index (χ0v) is 12.7. The third-order valence-corrected chi connectivity index (χ3v) is 3.61. The second kappa shape index (κ2) is 4.92. The molecule has 6 heteroatoms. The lowest BCUT2D eigenvalue weighted by atomic mass is 9.92. The summed E-state index contributed by atoms with van der Waals surface area (Å²) < 4.78 is 1.71. The Balaban J connectivity index is 2.19. The van der Waals surface area contributed by atoms with Crippen molar-refractivity contribution in [2.45, 2.75) is 39.8 Å². The third kappa shape index (κ3) is 3.12. The summed E-state index contributed by atoms with van der Waals surface area (Å²) in [6.07, 6.45) is 0. The van der Waals surface area contributed by atoms with Crippen LogP contribution in [-0.4, -0.2) is 31.1 Å². The fourth-order valence-corrected chi connectivity index (χ4v) is 2.53. The number of thioether (sulfide) groups is 1. The molecule has 102 valence electrons. The summed E-state index contributed by atoms with van der Waals surface area (Å²) in [7, 11) is 0. The standard InChI is InChI=1S/C13H18N4OS/c1-8-6-9(2)17-11(14-8)15-12(16-17)19-7-10(18)13(3,4)5/h6H,7H2,1-5H3. The first-order valence-corrected chi connectivity index (χ1v) is 7.13. The van der Waals surface area contributed by atoms with E-state index in [0.717, 1.165) is 11.4 Å². The van der Waals surface area contributed by atoms with Crippen molar-refractivity contribution >= 4 is 23.3 Å². The molecule has 2 rings (SSSR count). The molecule has 2 aromatic rings. The lowest BCUT2D eigenvalue weighted by Crippen LogP contribution is -2.22. The molecule has 0 N–H and O–H groups in total. The van der Waals surface area contributed by atoms with E-state index in [-0.39, 0.29) is 11.2 Å². The fourth-order valence-electron chi connectivity index (χ4n) is 1.56. The van der Waals surface area contributed by atoms with Crippen LogP contribution in [0.3, 0.4) is 0 Å². The molecule has 0 saturated heterocycles. The van der Waals surface area contributed by atoms with Gasteiger partial charge in [0.1, 0.15) is 5.78 Å². The first-order valence-electron chi connectivity index (χ1n) is 6.14. The van der Waals surface area contributed by atoms with Crippen LogP contribution in [0.4, 0.5) is 0 Å². The van der Waals surface area contributed by atoms with Crippen molar-refractivity contribution in [3.8, 4) is 0 Å². The molecule has 0 fully saturated rings. The van der Waals surface area contributed by atoms with Crippen LogP contribution in [0.5, 0.6) is 0 Å². The van der Waals surface area contributed by atoms with Crippen LogP contribution >= 0.6 is 11.8 Å². The lowest BCUT2D eigenvalue weighted by molar-refractivity contribution is -0.123. The van der Waals surface area contributed by atoms with Crippen molar-refractivity contribution in [3.05, 3.63) is 17.5 Å². The molecule has 2 heterocycles. The quantitative estimate of drug-likeness (QED) is 0.807. The molecule has 0 aliphatic carbocycles. The molecular weight excluding hydrogens is 260 g/mol. The highest BCUT2D eigenvalue weighted by Crippen LogP contribution is 2.21. The Kier molecular flexibility index (Phi) is 3.62. The van der Waals surface area contributed by atoms with E-state index in [4.69, 9.17) is 0 Å². The van der Waals surface area contributed by atoms with E-state index in [0.29, 0.717) is 16.7 Å². The highest BCUT2D eigenvalue weighted by molar-refractivity contribution is 7.99. The van der Waals surface area contributed by atoms with Gasteiger partial charge in [-0.25, -0.2) is 9.50 Å². The van der Waals surface area contributed by atoms with Crippen molar-refractivity contribution in [1.29, 1.82) is 0 Å². The number of carbonyl (C=O) groups is 1. The van der Waals surface area contributed by atoms with Gasteiger partial charge < -0.3 is 0 Å². The Hall–Kier alpha value is -1.43. The summed E-state index contributed by atoms with van der Waals surface area (Å²) in [4.78, 5) is 20.5. The van der Waals surface area contributed by atoms with E-state index in [1.807, 2.05) is 40.7 Å². The Morgan fingerprint density at radius 1 is 1.32 bits per heavy atom. The number of ketones is 1. The van der Waals surface area contributed by atoms with Crippen LogP contribution in [0.15, 0.2) is 11.2 Å². The lowest BCUT2D eigenvalue weighted by Gasteiger charge is -2.14. The SMILES string of the molecule is Cc1cc(C)n2nc(SCC(=O)C(C)(C)C)nc2n1. The molecule has 5 nitrogen and oxygen atoms in total. The molecule has 0 spiro atoms. The van der Waals surface area contributed by atoms with Crippen molar-refractivity contribution in [3.63, 3.8) is 0 Å². The molecule has 0 aromatic carbocycles. The van der Waals surface area contributed by atoms with E-state index in [1.165, 1.54) is 11.8 Å². The van der Waals surface area contributed by atoms with Gasteiger partial charge in [-0.1, -0.05) is 32.5 Å². The number of aromatic nitrogens is 4. The van der Waals surface area contributed by atoms with Crippen LogP contribution < -0.4 is 0 Å². The molecule has 0 unspecified atom stereocenters. The van der Waals surface area contributed by atoms with Crippen LogP contribution in [0.2, 0.25) is 0 Å². The summed E-state index contributed by atoms with van der Waals surface area (Å²) in [5.41, 5.74) is 1.58. The second-order valence-electron chi connectivity index (χ2n) is 5.61. The number of nitrogens with zero attached hydrogens (tertiary/aromatic N) is 4. The number of hydrogen-bond donors (Lipinski definition) is 0. The van der Waals surface area contributed by atoms with Crippen molar-refractivity contribution in [2.75, 3.05) is 5.75 Å².